The van der Waals surface area contributed by atoms with Gasteiger partial charge in [-0.2, -0.15) is 0 Å². The normalized spacial score (nSPS) is 11.9. The molecule has 0 aliphatic rings. The number of nitrogens with two attached hydrogens (primary N) is 1. The molecule has 4 heteroatoms. The first-order chi connectivity index (χ1) is 9.48. The number of benzene rings is 1. The number of nitrogens with zero attached hydrogens (tertiary/aromatic N) is 2. The SMILES string of the molecule is Cc1cc2c(N)nc(C(C)(C)c3ccccc3)nc2s1. The first kappa shape index (κ1) is 13.1. The zero-order valence-electron chi connectivity index (χ0n) is 11.8. The lowest BCUT2D eigenvalue weighted by molar-refractivity contribution is 0.595. The molecule has 0 atom stereocenters. The lowest BCUT2D eigenvalue weighted by Gasteiger charge is -2.23. The van der Waals surface area contributed by atoms with Gasteiger partial charge in [-0.1, -0.05) is 30.3 Å². The van der Waals surface area contributed by atoms with E-state index in [4.69, 9.17) is 10.7 Å². The Morgan fingerprint density at radius 2 is 1.80 bits per heavy atom. The van der Waals surface area contributed by atoms with Crippen LogP contribution in [0, 0.1) is 6.92 Å². The third-order valence-electron chi connectivity index (χ3n) is 3.60. The van der Waals surface area contributed by atoms with Gasteiger partial charge in [0.15, 0.2) is 0 Å². The largest absolute Gasteiger partial charge is 0.383 e. The average molecular weight is 283 g/mol. The summed E-state index contributed by atoms with van der Waals surface area (Å²) in [6, 6.07) is 12.3. The minimum atomic E-state index is -0.262. The smallest absolute Gasteiger partial charge is 0.142 e. The van der Waals surface area contributed by atoms with E-state index in [1.807, 2.05) is 18.2 Å². The van der Waals surface area contributed by atoms with Crippen molar-refractivity contribution in [2.45, 2.75) is 26.2 Å². The van der Waals surface area contributed by atoms with E-state index < -0.39 is 0 Å². The van der Waals surface area contributed by atoms with Gasteiger partial charge in [-0.15, -0.1) is 11.3 Å². The molecular weight excluding hydrogens is 266 g/mol. The molecule has 2 aromatic heterocycles. The third kappa shape index (κ3) is 2.06. The molecule has 0 aliphatic heterocycles. The van der Waals surface area contributed by atoms with Crippen molar-refractivity contribution in [2.24, 2.45) is 0 Å². The molecule has 1 aromatic carbocycles. The molecule has 0 saturated carbocycles. The highest BCUT2D eigenvalue weighted by molar-refractivity contribution is 7.18. The topological polar surface area (TPSA) is 51.8 Å². The molecule has 0 fully saturated rings. The van der Waals surface area contributed by atoms with E-state index >= 15 is 0 Å². The van der Waals surface area contributed by atoms with E-state index in [2.05, 4.69) is 44.0 Å². The minimum Gasteiger partial charge on any atom is -0.383 e. The first-order valence-corrected chi connectivity index (χ1v) is 7.40. The molecule has 20 heavy (non-hydrogen) atoms. The Labute approximate surface area is 122 Å². The number of nitrogen functional groups attached to an aromatic ring is 1. The molecule has 102 valence electrons. The van der Waals surface area contributed by atoms with Crippen molar-refractivity contribution in [1.29, 1.82) is 0 Å². The lowest BCUT2D eigenvalue weighted by Crippen LogP contribution is -2.22. The second-order valence-corrected chi connectivity index (χ2v) is 6.73. The van der Waals surface area contributed by atoms with Gasteiger partial charge in [0, 0.05) is 10.3 Å². The second kappa shape index (κ2) is 4.56. The Balaban J connectivity index is 2.19. The highest BCUT2D eigenvalue weighted by Crippen LogP contribution is 2.33. The van der Waals surface area contributed by atoms with Crippen molar-refractivity contribution in [3.63, 3.8) is 0 Å². The molecule has 0 unspecified atom stereocenters. The molecule has 2 N–H and O–H groups in total. The molecule has 0 aliphatic carbocycles. The summed E-state index contributed by atoms with van der Waals surface area (Å²) < 4.78 is 0. The maximum atomic E-state index is 6.10. The Kier molecular flexibility index (Phi) is 2.98. The molecule has 3 aromatic rings. The molecule has 0 radical (unpaired) electrons. The van der Waals surface area contributed by atoms with Gasteiger partial charge < -0.3 is 5.73 Å². The molecule has 0 bridgehead atoms. The van der Waals surface area contributed by atoms with E-state index in [0.29, 0.717) is 5.82 Å². The number of aromatic nitrogens is 2. The number of rotatable bonds is 2. The van der Waals surface area contributed by atoms with E-state index in [9.17, 15) is 0 Å². The number of hydrogen-bond acceptors (Lipinski definition) is 4. The monoisotopic (exact) mass is 283 g/mol. The summed E-state index contributed by atoms with van der Waals surface area (Å²) in [6.07, 6.45) is 0. The van der Waals surface area contributed by atoms with Crippen molar-refractivity contribution in [1.82, 2.24) is 9.97 Å². The van der Waals surface area contributed by atoms with E-state index in [0.717, 1.165) is 16.0 Å². The second-order valence-electron chi connectivity index (χ2n) is 5.50. The van der Waals surface area contributed by atoms with Gasteiger partial charge >= 0.3 is 0 Å². The van der Waals surface area contributed by atoms with Crippen LogP contribution in [0.5, 0.6) is 0 Å². The van der Waals surface area contributed by atoms with Gasteiger partial charge in [-0.05, 0) is 32.4 Å². The molecule has 3 rings (SSSR count). The number of thiophene rings is 1. The van der Waals surface area contributed by atoms with Crippen LogP contribution < -0.4 is 5.73 Å². The van der Waals surface area contributed by atoms with E-state index in [1.54, 1.807) is 11.3 Å². The van der Waals surface area contributed by atoms with Crippen LogP contribution >= 0.6 is 11.3 Å². The predicted molar refractivity (Wildman–Crippen MR) is 85.1 cm³/mol. The highest BCUT2D eigenvalue weighted by atomic mass is 32.1. The number of anilines is 1. The Morgan fingerprint density at radius 3 is 2.50 bits per heavy atom. The molecule has 0 amide bonds. The molecule has 3 nitrogen and oxygen atoms in total. The van der Waals surface area contributed by atoms with Crippen molar-refractivity contribution < 1.29 is 0 Å². The summed E-state index contributed by atoms with van der Waals surface area (Å²) in [5, 5.41) is 0.958. The van der Waals surface area contributed by atoms with Crippen molar-refractivity contribution in [3.8, 4) is 0 Å². The van der Waals surface area contributed by atoms with Crippen LogP contribution in [0.1, 0.15) is 30.1 Å². The summed E-state index contributed by atoms with van der Waals surface area (Å²) >= 11 is 1.66. The fourth-order valence-corrected chi connectivity index (χ4v) is 3.21. The predicted octanol–water partition coefficient (Wildman–Crippen LogP) is 3.91. The van der Waals surface area contributed by atoms with Gasteiger partial charge in [0.2, 0.25) is 0 Å². The van der Waals surface area contributed by atoms with Gasteiger partial charge in [-0.3, -0.25) is 0 Å². The summed E-state index contributed by atoms with van der Waals surface area (Å²) in [4.78, 5) is 11.4. The number of fused-ring (bicyclic) bond motifs is 1. The Bertz CT molecular complexity index is 760. The quantitative estimate of drug-likeness (QED) is 0.776. The summed E-state index contributed by atoms with van der Waals surface area (Å²) in [5.74, 6) is 1.34. The lowest BCUT2D eigenvalue weighted by atomic mass is 9.84. The van der Waals surface area contributed by atoms with Crippen LogP contribution in [0.3, 0.4) is 0 Å². The minimum absolute atomic E-state index is 0.262. The first-order valence-electron chi connectivity index (χ1n) is 6.58. The van der Waals surface area contributed by atoms with Crippen molar-refractivity contribution in [3.05, 3.63) is 52.7 Å². The summed E-state index contributed by atoms with van der Waals surface area (Å²) in [6.45, 7) is 6.32. The van der Waals surface area contributed by atoms with Crippen LogP contribution in [0.25, 0.3) is 10.2 Å². The standard InChI is InChI=1S/C16H17N3S/c1-10-9-12-13(17)18-15(19-14(12)20-10)16(2,3)11-7-5-4-6-8-11/h4-9H,1-3H3,(H2,17,18,19). The summed E-state index contributed by atoms with van der Waals surface area (Å²) in [5.41, 5.74) is 7.03. The van der Waals surface area contributed by atoms with E-state index in [-0.39, 0.29) is 5.41 Å². The van der Waals surface area contributed by atoms with Crippen LogP contribution in [-0.2, 0) is 5.41 Å². The van der Waals surface area contributed by atoms with Crippen molar-refractivity contribution >= 4 is 27.4 Å². The third-order valence-corrected chi connectivity index (χ3v) is 4.54. The Morgan fingerprint density at radius 1 is 1.10 bits per heavy atom. The fourth-order valence-electron chi connectivity index (χ4n) is 2.33. The van der Waals surface area contributed by atoms with Gasteiger partial charge in [0.05, 0.1) is 5.39 Å². The zero-order chi connectivity index (χ0) is 14.3. The van der Waals surface area contributed by atoms with Gasteiger partial charge in [0.25, 0.3) is 0 Å². The Hall–Kier alpha value is -1.94. The van der Waals surface area contributed by atoms with Gasteiger partial charge in [-0.25, -0.2) is 9.97 Å². The summed E-state index contributed by atoms with van der Waals surface area (Å²) in [7, 11) is 0. The van der Waals surface area contributed by atoms with E-state index in [1.165, 1.54) is 10.4 Å². The van der Waals surface area contributed by atoms with Crippen LogP contribution in [-0.4, -0.2) is 9.97 Å². The van der Waals surface area contributed by atoms with Crippen LogP contribution in [0.15, 0.2) is 36.4 Å². The van der Waals surface area contributed by atoms with Crippen LogP contribution in [0.2, 0.25) is 0 Å². The molecule has 2 heterocycles. The van der Waals surface area contributed by atoms with Crippen molar-refractivity contribution in [2.75, 3.05) is 5.73 Å². The molecule has 0 spiro atoms. The maximum Gasteiger partial charge on any atom is 0.142 e. The fraction of sp³-hybridized carbons (Fsp3) is 0.250. The molecular formula is C16H17N3S. The maximum absolute atomic E-state index is 6.10. The van der Waals surface area contributed by atoms with Gasteiger partial charge in [0.1, 0.15) is 16.5 Å². The average Bonchev–Trinajstić information content (AvgIpc) is 2.81. The molecule has 0 saturated heterocycles. The van der Waals surface area contributed by atoms with Crippen LogP contribution in [0.4, 0.5) is 5.82 Å². The highest BCUT2D eigenvalue weighted by Gasteiger charge is 2.27. The zero-order valence-corrected chi connectivity index (χ0v) is 12.7. The number of aryl methyl sites for hydroxylation is 1. The number of hydrogen-bond donors (Lipinski definition) is 1.